The number of aromatic carboxylic acids is 1. The van der Waals surface area contributed by atoms with E-state index in [2.05, 4.69) is 31.8 Å². The molecule has 0 saturated heterocycles. The number of benzene rings is 1. The van der Waals surface area contributed by atoms with Gasteiger partial charge in [0.2, 0.25) is 0 Å². The fraction of sp³-hybridized carbons (Fsp3) is 0.350. The van der Waals surface area contributed by atoms with Crippen molar-refractivity contribution < 1.29 is 9.90 Å². The van der Waals surface area contributed by atoms with E-state index in [0.29, 0.717) is 34.9 Å². The van der Waals surface area contributed by atoms with E-state index >= 15 is 0 Å². The second kappa shape index (κ2) is 7.27. The van der Waals surface area contributed by atoms with Gasteiger partial charge in [-0.3, -0.25) is 4.98 Å². The van der Waals surface area contributed by atoms with Crippen molar-refractivity contribution in [3.05, 3.63) is 52.3 Å². The Morgan fingerprint density at radius 2 is 1.92 bits per heavy atom. The van der Waals surface area contributed by atoms with Gasteiger partial charge in [-0.25, -0.2) is 4.79 Å². The quantitative estimate of drug-likeness (QED) is 0.886. The molecule has 0 radical (unpaired) electrons. The molecule has 0 spiro atoms. The van der Waals surface area contributed by atoms with Gasteiger partial charge in [0.15, 0.2) is 0 Å². The van der Waals surface area contributed by atoms with Crippen LogP contribution in [0.5, 0.6) is 0 Å². The zero-order chi connectivity index (χ0) is 17.9. The van der Waals surface area contributed by atoms with Crippen LogP contribution in [-0.2, 0) is 12.8 Å². The summed E-state index contributed by atoms with van der Waals surface area (Å²) in [5.74, 6) is -0.725. The van der Waals surface area contributed by atoms with Gasteiger partial charge in [-0.05, 0) is 36.8 Å². The Morgan fingerprint density at radius 3 is 2.38 bits per heavy atom. The fourth-order valence-corrected chi connectivity index (χ4v) is 2.88. The van der Waals surface area contributed by atoms with Gasteiger partial charge in [-0.2, -0.15) is 5.26 Å². The Kier molecular flexibility index (Phi) is 5.35. The second-order valence-corrected chi connectivity index (χ2v) is 6.33. The Balaban J connectivity index is 2.80. The lowest BCUT2D eigenvalue weighted by Crippen LogP contribution is -2.12. The predicted molar refractivity (Wildman–Crippen MR) is 94.0 cm³/mol. The minimum atomic E-state index is -1.05. The van der Waals surface area contributed by atoms with Crippen molar-refractivity contribution >= 4 is 5.97 Å². The first-order valence-electron chi connectivity index (χ1n) is 8.15. The molecule has 2 rings (SSSR count). The first-order valence-corrected chi connectivity index (χ1v) is 8.15. The number of nitriles is 1. The van der Waals surface area contributed by atoms with E-state index < -0.39 is 5.97 Å². The van der Waals surface area contributed by atoms with Gasteiger partial charge in [0.05, 0.1) is 22.5 Å². The molecular formula is C20H22N2O2. The first kappa shape index (κ1) is 17.7. The summed E-state index contributed by atoms with van der Waals surface area (Å²) in [6, 6.07) is 9.92. The van der Waals surface area contributed by atoms with Crippen molar-refractivity contribution in [1.82, 2.24) is 4.98 Å². The summed E-state index contributed by atoms with van der Waals surface area (Å²) in [6.07, 6.45) is 1.55. The van der Waals surface area contributed by atoms with Gasteiger partial charge in [-0.1, -0.05) is 45.0 Å². The van der Waals surface area contributed by atoms with Crippen LogP contribution in [0.1, 0.15) is 53.6 Å². The average Bonchev–Trinajstić information content (AvgIpc) is 2.53. The van der Waals surface area contributed by atoms with Gasteiger partial charge in [0.1, 0.15) is 6.07 Å². The number of aryl methyl sites for hydroxylation is 2. The summed E-state index contributed by atoms with van der Waals surface area (Å²) < 4.78 is 0. The topological polar surface area (TPSA) is 74.0 Å². The summed E-state index contributed by atoms with van der Waals surface area (Å²) in [4.78, 5) is 16.2. The molecule has 0 aliphatic carbocycles. The van der Waals surface area contributed by atoms with Crippen LogP contribution in [0, 0.1) is 24.2 Å². The van der Waals surface area contributed by atoms with E-state index in [-0.39, 0.29) is 5.56 Å². The molecule has 0 aliphatic rings. The fourth-order valence-electron chi connectivity index (χ4n) is 2.88. The summed E-state index contributed by atoms with van der Waals surface area (Å²) in [5, 5.41) is 19.3. The molecule has 0 atom stereocenters. The number of rotatable bonds is 5. The predicted octanol–water partition coefficient (Wildman–Crippen LogP) is 4.39. The van der Waals surface area contributed by atoms with E-state index in [1.54, 1.807) is 6.92 Å². The van der Waals surface area contributed by atoms with Gasteiger partial charge in [-0.15, -0.1) is 0 Å². The maximum Gasteiger partial charge on any atom is 0.338 e. The highest BCUT2D eigenvalue weighted by Gasteiger charge is 2.23. The molecule has 4 heteroatoms. The van der Waals surface area contributed by atoms with Gasteiger partial charge in [0.25, 0.3) is 0 Å². The highest BCUT2D eigenvalue weighted by Crippen LogP contribution is 2.32. The number of aromatic nitrogens is 1. The molecule has 0 saturated carbocycles. The van der Waals surface area contributed by atoms with Crippen LogP contribution in [0.15, 0.2) is 24.3 Å². The van der Waals surface area contributed by atoms with Crippen LogP contribution in [0.3, 0.4) is 0 Å². The maximum absolute atomic E-state index is 11.8. The Hall–Kier alpha value is -2.67. The SMILES string of the molecule is CCc1ccc(-c2c(C#N)c(CC(C)C)nc(C)c2C(=O)O)cc1. The van der Waals surface area contributed by atoms with Gasteiger partial charge < -0.3 is 5.11 Å². The number of nitrogens with zero attached hydrogens (tertiary/aromatic N) is 2. The number of carbonyl (C=O) groups is 1. The number of hydrogen-bond acceptors (Lipinski definition) is 3. The lowest BCUT2D eigenvalue weighted by atomic mass is 9.90. The normalized spacial score (nSPS) is 10.7. The van der Waals surface area contributed by atoms with Crippen LogP contribution < -0.4 is 0 Å². The van der Waals surface area contributed by atoms with Crippen molar-refractivity contribution in [1.29, 1.82) is 5.26 Å². The van der Waals surface area contributed by atoms with E-state index in [9.17, 15) is 15.2 Å². The number of pyridine rings is 1. The summed E-state index contributed by atoms with van der Waals surface area (Å²) in [6.45, 7) is 7.87. The molecule has 0 aliphatic heterocycles. The molecule has 1 aromatic carbocycles. The highest BCUT2D eigenvalue weighted by molar-refractivity contribution is 5.99. The second-order valence-electron chi connectivity index (χ2n) is 6.33. The summed E-state index contributed by atoms with van der Waals surface area (Å²) in [5.41, 5.74) is 4.00. The third kappa shape index (κ3) is 3.46. The van der Waals surface area contributed by atoms with E-state index in [1.807, 2.05) is 24.3 Å². The molecular weight excluding hydrogens is 300 g/mol. The monoisotopic (exact) mass is 322 g/mol. The highest BCUT2D eigenvalue weighted by atomic mass is 16.4. The van der Waals surface area contributed by atoms with Crippen LogP contribution in [0.2, 0.25) is 0 Å². The van der Waals surface area contributed by atoms with Gasteiger partial charge in [0, 0.05) is 5.56 Å². The number of carboxylic acids is 1. The standard InChI is InChI=1S/C20H22N2O2/c1-5-14-6-8-15(9-7-14)19-16(11-21)17(10-12(2)3)22-13(4)18(19)20(23)24/h6-9,12H,5,10H2,1-4H3,(H,23,24). The number of hydrogen-bond donors (Lipinski definition) is 1. The maximum atomic E-state index is 11.8. The smallest absolute Gasteiger partial charge is 0.338 e. The van der Waals surface area contributed by atoms with Crippen LogP contribution in [-0.4, -0.2) is 16.1 Å². The zero-order valence-electron chi connectivity index (χ0n) is 14.6. The molecule has 1 N–H and O–H groups in total. The molecule has 124 valence electrons. The molecule has 1 heterocycles. The van der Waals surface area contributed by atoms with Crippen molar-refractivity contribution in [3.63, 3.8) is 0 Å². The molecule has 1 aromatic heterocycles. The molecule has 0 fully saturated rings. The molecule has 0 amide bonds. The summed E-state index contributed by atoms with van der Waals surface area (Å²) in [7, 11) is 0. The molecule has 4 nitrogen and oxygen atoms in total. The van der Waals surface area contributed by atoms with Crippen molar-refractivity contribution in [2.24, 2.45) is 5.92 Å². The zero-order valence-corrected chi connectivity index (χ0v) is 14.6. The van der Waals surface area contributed by atoms with Crippen molar-refractivity contribution in [3.8, 4) is 17.2 Å². The Bertz CT molecular complexity index is 800. The van der Waals surface area contributed by atoms with E-state index in [0.717, 1.165) is 12.0 Å². The van der Waals surface area contributed by atoms with Crippen LogP contribution >= 0.6 is 0 Å². The Morgan fingerprint density at radius 1 is 1.29 bits per heavy atom. The third-order valence-corrected chi connectivity index (χ3v) is 4.03. The Labute approximate surface area is 142 Å². The van der Waals surface area contributed by atoms with Crippen LogP contribution in [0.4, 0.5) is 0 Å². The average molecular weight is 322 g/mol. The largest absolute Gasteiger partial charge is 0.478 e. The van der Waals surface area contributed by atoms with E-state index in [1.165, 1.54) is 5.56 Å². The lowest BCUT2D eigenvalue weighted by molar-refractivity contribution is 0.0696. The minimum Gasteiger partial charge on any atom is -0.478 e. The molecule has 0 bridgehead atoms. The van der Waals surface area contributed by atoms with Crippen molar-refractivity contribution in [2.75, 3.05) is 0 Å². The minimum absolute atomic E-state index is 0.114. The van der Waals surface area contributed by atoms with E-state index in [4.69, 9.17) is 0 Å². The summed E-state index contributed by atoms with van der Waals surface area (Å²) >= 11 is 0. The molecule has 2 aromatic rings. The lowest BCUT2D eigenvalue weighted by Gasteiger charge is -2.16. The first-order chi connectivity index (χ1) is 11.4. The number of carboxylic acid groups (broad SMARTS) is 1. The van der Waals surface area contributed by atoms with Crippen LogP contribution in [0.25, 0.3) is 11.1 Å². The van der Waals surface area contributed by atoms with Gasteiger partial charge >= 0.3 is 5.97 Å². The molecule has 24 heavy (non-hydrogen) atoms. The molecule has 0 unspecified atom stereocenters. The third-order valence-electron chi connectivity index (χ3n) is 4.03. The van der Waals surface area contributed by atoms with Crippen molar-refractivity contribution in [2.45, 2.75) is 40.5 Å².